The smallest absolute Gasteiger partial charge is 0.234 e. The Morgan fingerprint density at radius 1 is 1.48 bits per heavy atom. The maximum Gasteiger partial charge on any atom is 0.234 e. The van der Waals surface area contributed by atoms with Crippen LogP contribution in [0.15, 0.2) is 29.4 Å². The second-order valence-corrected chi connectivity index (χ2v) is 6.51. The Balaban J connectivity index is 1.92. The van der Waals surface area contributed by atoms with E-state index in [1.54, 1.807) is 0 Å². The van der Waals surface area contributed by atoms with Gasteiger partial charge in [-0.05, 0) is 47.7 Å². The minimum atomic E-state index is -0.0676. The number of carbonyl (C=O) groups is 1. The predicted octanol–water partition coefficient (Wildman–Crippen LogP) is 1.88. The standard InChI is InChI=1S/C13H16IN5OS/c1-9-17-18-13(19(9)6-5-15)21-8-12(20)16-11-4-2-3-10(14)7-11/h2-4,7H,5-6,8,15H2,1H3,(H,16,20). The van der Waals surface area contributed by atoms with Gasteiger partial charge in [-0.15, -0.1) is 10.2 Å². The summed E-state index contributed by atoms with van der Waals surface area (Å²) in [5.41, 5.74) is 6.36. The molecule has 0 atom stereocenters. The summed E-state index contributed by atoms with van der Waals surface area (Å²) < 4.78 is 3.00. The van der Waals surface area contributed by atoms with Gasteiger partial charge in [0, 0.05) is 22.3 Å². The zero-order valence-corrected chi connectivity index (χ0v) is 14.5. The van der Waals surface area contributed by atoms with Gasteiger partial charge in [-0.25, -0.2) is 0 Å². The number of carbonyl (C=O) groups excluding carboxylic acids is 1. The number of aromatic nitrogens is 3. The second-order valence-electron chi connectivity index (χ2n) is 4.32. The van der Waals surface area contributed by atoms with E-state index in [4.69, 9.17) is 5.73 Å². The van der Waals surface area contributed by atoms with Crippen molar-refractivity contribution in [1.29, 1.82) is 0 Å². The van der Waals surface area contributed by atoms with Gasteiger partial charge in [0.2, 0.25) is 5.91 Å². The Morgan fingerprint density at radius 3 is 3.00 bits per heavy atom. The van der Waals surface area contributed by atoms with E-state index in [1.165, 1.54) is 11.8 Å². The summed E-state index contributed by atoms with van der Waals surface area (Å²) in [6.45, 7) is 3.04. The van der Waals surface area contributed by atoms with Crippen LogP contribution in [0.3, 0.4) is 0 Å². The Labute approximate surface area is 141 Å². The molecule has 0 aliphatic rings. The highest BCUT2D eigenvalue weighted by atomic mass is 127. The quantitative estimate of drug-likeness (QED) is 0.554. The zero-order valence-electron chi connectivity index (χ0n) is 11.5. The lowest BCUT2D eigenvalue weighted by Gasteiger charge is -2.07. The second kappa shape index (κ2) is 7.76. The van der Waals surface area contributed by atoms with Crippen LogP contribution in [0, 0.1) is 10.5 Å². The van der Waals surface area contributed by atoms with Crippen LogP contribution in [-0.4, -0.2) is 33.0 Å². The minimum Gasteiger partial charge on any atom is -0.329 e. The van der Waals surface area contributed by atoms with Crippen LogP contribution < -0.4 is 11.1 Å². The first-order valence-electron chi connectivity index (χ1n) is 6.38. The lowest BCUT2D eigenvalue weighted by atomic mass is 10.3. The Bertz CT molecular complexity index is 631. The Hall–Kier alpha value is -1.13. The van der Waals surface area contributed by atoms with E-state index in [0.29, 0.717) is 13.1 Å². The molecule has 21 heavy (non-hydrogen) atoms. The van der Waals surface area contributed by atoms with Gasteiger partial charge >= 0.3 is 0 Å². The van der Waals surface area contributed by atoms with Crippen LogP contribution >= 0.6 is 34.4 Å². The molecular weight excluding hydrogens is 401 g/mol. The molecule has 0 aliphatic carbocycles. The predicted molar refractivity (Wildman–Crippen MR) is 92.3 cm³/mol. The van der Waals surface area contributed by atoms with Crippen molar-refractivity contribution in [3.63, 3.8) is 0 Å². The number of nitrogens with one attached hydrogen (secondary N) is 1. The molecule has 0 fully saturated rings. The van der Waals surface area contributed by atoms with Crippen molar-refractivity contribution in [2.45, 2.75) is 18.6 Å². The van der Waals surface area contributed by atoms with Crippen molar-refractivity contribution in [1.82, 2.24) is 14.8 Å². The molecule has 1 aromatic carbocycles. The molecule has 0 saturated heterocycles. The van der Waals surface area contributed by atoms with Crippen LogP contribution in [-0.2, 0) is 11.3 Å². The molecule has 1 amide bonds. The van der Waals surface area contributed by atoms with Crippen LogP contribution in [0.2, 0.25) is 0 Å². The highest BCUT2D eigenvalue weighted by molar-refractivity contribution is 14.1. The first-order valence-corrected chi connectivity index (χ1v) is 8.44. The summed E-state index contributed by atoms with van der Waals surface area (Å²) in [6, 6.07) is 7.67. The zero-order chi connectivity index (χ0) is 15.2. The third-order valence-corrected chi connectivity index (χ3v) is 4.33. The number of benzene rings is 1. The molecule has 6 nitrogen and oxygen atoms in total. The summed E-state index contributed by atoms with van der Waals surface area (Å²) in [4.78, 5) is 12.0. The number of nitrogens with two attached hydrogens (primary N) is 1. The number of hydrogen-bond donors (Lipinski definition) is 2. The number of rotatable bonds is 6. The van der Waals surface area contributed by atoms with Gasteiger partial charge in [-0.1, -0.05) is 17.8 Å². The minimum absolute atomic E-state index is 0.0676. The number of nitrogens with zero attached hydrogens (tertiary/aromatic N) is 3. The van der Waals surface area contributed by atoms with Gasteiger partial charge in [0.05, 0.1) is 5.75 Å². The van der Waals surface area contributed by atoms with Crippen molar-refractivity contribution in [2.75, 3.05) is 17.6 Å². The van der Waals surface area contributed by atoms with Gasteiger partial charge in [-0.2, -0.15) is 0 Å². The number of amides is 1. The van der Waals surface area contributed by atoms with Crippen molar-refractivity contribution in [3.05, 3.63) is 33.7 Å². The van der Waals surface area contributed by atoms with Crippen LogP contribution in [0.5, 0.6) is 0 Å². The lowest BCUT2D eigenvalue weighted by molar-refractivity contribution is -0.113. The van der Waals surface area contributed by atoms with E-state index >= 15 is 0 Å². The third-order valence-electron chi connectivity index (χ3n) is 2.70. The van der Waals surface area contributed by atoms with Crippen molar-refractivity contribution in [3.8, 4) is 0 Å². The molecular formula is C13H16IN5OS. The molecule has 0 spiro atoms. The normalized spacial score (nSPS) is 10.6. The Morgan fingerprint density at radius 2 is 2.29 bits per heavy atom. The summed E-state index contributed by atoms with van der Waals surface area (Å²) in [5, 5.41) is 11.7. The summed E-state index contributed by atoms with van der Waals surface area (Å²) in [5.74, 6) is 1.02. The number of anilines is 1. The Kier molecular flexibility index (Phi) is 6.00. The molecule has 0 bridgehead atoms. The van der Waals surface area contributed by atoms with E-state index in [1.807, 2.05) is 35.8 Å². The van der Waals surface area contributed by atoms with Crippen molar-refractivity contribution < 1.29 is 4.79 Å². The van der Waals surface area contributed by atoms with Gasteiger partial charge in [0.25, 0.3) is 0 Å². The average molecular weight is 417 g/mol. The SMILES string of the molecule is Cc1nnc(SCC(=O)Nc2cccc(I)c2)n1CCN. The van der Waals surface area contributed by atoms with E-state index in [0.717, 1.165) is 20.2 Å². The average Bonchev–Trinajstić information content (AvgIpc) is 2.78. The van der Waals surface area contributed by atoms with E-state index < -0.39 is 0 Å². The highest BCUT2D eigenvalue weighted by Gasteiger charge is 2.11. The molecule has 8 heteroatoms. The van der Waals surface area contributed by atoms with Crippen molar-refractivity contribution >= 4 is 45.9 Å². The molecule has 3 N–H and O–H groups in total. The summed E-state index contributed by atoms with van der Waals surface area (Å²) in [7, 11) is 0. The number of hydrogen-bond acceptors (Lipinski definition) is 5. The molecule has 2 rings (SSSR count). The maximum atomic E-state index is 12.0. The summed E-state index contributed by atoms with van der Waals surface area (Å²) >= 11 is 3.57. The van der Waals surface area contributed by atoms with Gasteiger partial charge in [0.15, 0.2) is 5.16 Å². The van der Waals surface area contributed by atoms with Crippen LogP contribution in [0.4, 0.5) is 5.69 Å². The molecule has 0 saturated carbocycles. The fraction of sp³-hybridized carbons (Fsp3) is 0.308. The van der Waals surface area contributed by atoms with Gasteiger partial charge in [-0.3, -0.25) is 4.79 Å². The van der Waals surface area contributed by atoms with E-state index in [9.17, 15) is 4.79 Å². The fourth-order valence-corrected chi connectivity index (χ4v) is 3.10. The number of aryl methyl sites for hydroxylation is 1. The molecule has 2 aromatic rings. The largest absolute Gasteiger partial charge is 0.329 e. The molecule has 0 radical (unpaired) electrons. The molecule has 1 aromatic heterocycles. The highest BCUT2D eigenvalue weighted by Crippen LogP contribution is 2.18. The monoisotopic (exact) mass is 417 g/mol. The van der Waals surface area contributed by atoms with Crippen LogP contribution in [0.25, 0.3) is 0 Å². The molecule has 0 unspecified atom stereocenters. The maximum absolute atomic E-state index is 12.0. The van der Waals surface area contributed by atoms with Gasteiger partial charge < -0.3 is 15.6 Å². The van der Waals surface area contributed by atoms with E-state index in [-0.39, 0.29) is 11.7 Å². The van der Waals surface area contributed by atoms with Crippen LogP contribution in [0.1, 0.15) is 5.82 Å². The first-order chi connectivity index (χ1) is 10.1. The topological polar surface area (TPSA) is 85.8 Å². The fourth-order valence-electron chi connectivity index (χ4n) is 1.75. The molecule has 0 aliphatic heterocycles. The van der Waals surface area contributed by atoms with Gasteiger partial charge in [0.1, 0.15) is 5.82 Å². The van der Waals surface area contributed by atoms with Crippen molar-refractivity contribution in [2.24, 2.45) is 5.73 Å². The third kappa shape index (κ3) is 4.68. The number of halogens is 1. The van der Waals surface area contributed by atoms with E-state index in [2.05, 4.69) is 38.1 Å². The lowest BCUT2D eigenvalue weighted by Crippen LogP contribution is -2.16. The molecule has 112 valence electrons. The molecule has 1 heterocycles. The first kappa shape index (κ1) is 16.2. The summed E-state index contributed by atoms with van der Waals surface area (Å²) in [6.07, 6.45) is 0. The number of thioether (sulfide) groups is 1.